The van der Waals surface area contributed by atoms with E-state index in [0.29, 0.717) is 38.8 Å². The third-order valence-corrected chi connectivity index (χ3v) is 13.2. The molecule has 4 fully saturated rings. The highest BCUT2D eigenvalue weighted by atomic mass is 32.2. The molecule has 4 aliphatic rings. The minimum Gasteiger partial charge on any atom is -0.346 e. The van der Waals surface area contributed by atoms with Crippen LogP contribution in [0.25, 0.3) is 0 Å². The zero-order valence-electron chi connectivity index (χ0n) is 32.1. The molecule has 0 spiro atoms. The number of carbonyl (C=O) groups excluding carboxylic acids is 5. The van der Waals surface area contributed by atoms with Crippen LogP contribution in [0.2, 0.25) is 0 Å². The first-order chi connectivity index (χ1) is 24.5. The van der Waals surface area contributed by atoms with Gasteiger partial charge in [0.1, 0.15) is 12.1 Å². The molecule has 13 nitrogen and oxygen atoms in total. The Labute approximate surface area is 311 Å². The fourth-order valence-electron chi connectivity index (χ4n) is 8.05. The second-order valence-electron chi connectivity index (χ2n) is 17.1. The number of hydrogen-bond acceptors (Lipinski definition) is 7. The van der Waals surface area contributed by atoms with Crippen LogP contribution in [0, 0.1) is 29.1 Å². The first-order valence-corrected chi connectivity index (χ1v) is 21.2. The molecule has 0 radical (unpaired) electrons. The second kappa shape index (κ2) is 18.4. The summed E-state index contributed by atoms with van der Waals surface area (Å²) in [5, 5.41) is 11.5. The van der Waals surface area contributed by atoms with Crippen LogP contribution in [-0.2, 0) is 29.2 Å². The van der Waals surface area contributed by atoms with Gasteiger partial charge in [-0.15, -0.1) is 6.58 Å². The summed E-state index contributed by atoms with van der Waals surface area (Å²) in [5.41, 5.74) is -0.478. The van der Waals surface area contributed by atoms with Gasteiger partial charge in [0.25, 0.3) is 5.91 Å². The van der Waals surface area contributed by atoms with E-state index in [2.05, 4.69) is 41.7 Å². The van der Waals surface area contributed by atoms with Gasteiger partial charge in [0.05, 0.1) is 11.8 Å². The predicted molar refractivity (Wildman–Crippen MR) is 200 cm³/mol. The Bertz CT molecular complexity index is 1400. The molecule has 5 atom stereocenters. The van der Waals surface area contributed by atoms with E-state index < -0.39 is 63.2 Å². The number of hydrogen-bond donors (Lipinski definition) is 4. The maximum absolute atomic E-state index is 14.7. The van der Waals surface area contributed by atoms with Crippen molar-refractivity contribution in [3.05, 3.63) is 12.7 Å². The van der Waals surface area contributed by atoms with Crippen LogP contribution in [-0.4, -0.2) is 103 Å². The molecule has 14 heteroatoms. The summed E-state index contributed by atoms with van der Waals surface area (Å²) in [4.78, 5) is 70.4. The molecular formula is C38H64N6O7S. The average molecular weight is 749 g/mol. The van der Waals surface area contributed by atoms with Crippen LogP contribution in [0.3, 0.4) is 0 Å². The number of ketones is 1. The van der Waals surface area contributed by atoms with Crippen molar-refractivity contribution in [1.29, 1.82) is 0 Å². The number of amides is 5. The van der Waals surface area contributed by atoms with Crippen molar-refractivity contribution in [3.63, 3.8) is 0 Å². The van der Waals surface area contributed by atoms with Gasteiger partial charge in [-0.1, -0.05) is 72.8 Å². The number of Topliss-reactive ketones (excluding diaryl/α,β-unsaturated/α-hetero) is 1. The van der Waals surface area contributed by atoms with Crippen LogP contribution in [0.1, 0.15) is 112 Å². The Balaban J connectivity index is 1.56. The van der Waals surface area contributed by atoms with Crippen molar-refractivity contribution < 1.29 is 32.4 Å². The summed E-state index contributed by atoms with van der Waals surface area (Å²) in [6.07, 6.45) is 10.8. The second-order valence-corrected chi connectivity index (χ2v) is 19.1. The van der Waals surface area contributed by atoms with Gasteiger partial charge in [-0.3, -0.25) is 19.2 Å². The molecule has 2 aliphatic heterocycles. The predicted octanol–water partition coefficient (Wildman–Crippen LogP) is 3.49. The summed E-state index contributed by atoms with van der Waals surface area (Å²) in [5.74, 6) is -1.96. The number of urea groups is 1. The zero-order chi connectivity index (χ0) is 38.2. The quantitative estimate of drug-likeness (QED) is 0.138. The van der Waals surface area contributed by atoms with E-state index in [0.717, 1.165) is 51.4 Å². The van der Waals surface area contributed by atoms with E-state index in [9.17, 15) is 32.4 Å². The van der Waals surface area contributed by atoms with E-state index in [4.69, 9.17) is 0 Å². The van der Waals surface area contributed by atoms with E-state index >= 15 is 0 Å². The highest BCUT2D eigenvalue weighted by molar-refractivity contribution is 7.89. The molecule has 0 aromatic heterocycles. The molecular weight excluding hydrogens is 685 g/mol. The Hall–Kier alpha value is -3.00. The molecule has 4 N–H and O–H groups in total. The third-order valence-electron chi connectivity index (χ3n) is 11.2. The SMILES string of the molecule is C=CCNC(=O)C(=O)C(CC1CC1)NC(=O)[C@@H]1[C@@H](CC(C)C)CCN1C(=O)[C@@H](NC(=O)N[C@H](CN1CCCCS1(=O)=O)C(C)(C)C)C1CCCCC1. The van der Waals surface area contributed by atoms with Gasteiger partial charge in [0.2, 0.25) is 27.6 Å². The average Bonchev–Trinajstić information content (AvgIpc) is 3.81. The molecule has 0 bridgehead atoms. The molecule has 2 saturated carbocycles. The normalized spacial score (nSPS) is 24.4. The summed E-state index contributed by atoms with van der Waals surface area (Å²) in [7, 11) is -3.42. The minimum absolute atomic E-state index is 0.0920. The van der Waals surface area contributed by atoms with Gasteiger partial charge in [-0.2, -0.15) is 4.31 Å². The first kappa shape index (κ1) is 41.8. The van der Waals surface area contributed by atoms with Crippen LogP contribution in [0.4, 0.5) is 4.79 Å². The number of rotatable bonds is 16. The van der Waals surface area contributed by atoms with Gasteiger partial charge >= 0.3 is 6.03 Å². The van der Waals surface area contributed by atoms with Gasteiger partial charge in [0.15, 0.2) is 0 Å². The Kier molecular flexibility index (Phi) is 14.7. The lowest BCUT2D eigenvalue weighted by Gasteiger charge is -2.38. The third kappa shape index (κ3) is 11.5. The lowest BCUT2D eigenvalue weighted by molar-refractivity contribution is -0.144. The van der Waals surface area contributed by atoms with Gasteiger partial charge in [-0.05, 0) is 74.0 Å². The highest BCUT2D eigenvalue weighted by Crippen LogP contribution is 2.36. The molecule has 2 heterocycles. The maximum Gasteiger partial charge on any atom is 0.315 e. The Morgan fingerprint density at radius 2 is 1.56 bits per heavy atom. The van der Waals surface area contributed by atoms with Crippen molar-refractivity contribution in [2.24, 2.45) is 29.1 Å². The summed E-state index contributed by atoms with van der Waals surface area (Å²) < 4.78 is 27.1. The summed E-state index contributed by atoms with van der Waals surface area (Å²) >= 11 is 0. The molecule has 0 aromatic rings. The van der Waals surface area contributed by atoms with E-state index in [1.165, 1.54) is 10.4 Å². The topological polar surface area (TPSA) is 174 Å². The molecule has 0 aromatic carbocycles. The van der Waals surface area contributed by atoms with Gasteiger partial charge < -0.3 is 26.2 Å². The van der Waals surface area contributed by atoms with Crippen molar-refractivity contribution >= 4 is 39.6 Å². The summed E-state index contributed by atoms with van der Waals surface area (Å²) in [6.45, 7) is 14.6. The van der Waals surface area contributed by atoms with Crippen molar-refractivity contribution in [2.45, 2.75) is 136 Å². The van der Waals surface area contributed by atoms with Crippen LogP contribution in [0.15, 0.2) is 12.7 Å². The standard InChI is InChI=1S/C38H64N6O7S/c1-7-18-39-35(47)33(45)29(23-26-15-16-26)40-34(46)32-28(22-25(2)3)17-20-44(32)36(48)31(27-13-9-8-10-14-27)42-37(49)41-30(38(4,5)6)24-43-19-11-12-21-52(43,50)51/h7,25-32H,1,8-24H2,2-6H3,(H,39,47)(H,40,46)(H2,41,42,49)/t28-,29?,30-,31+,32+/m1/s1. The smallest absolute Gasteiger partial charge is 0.315 e. The number of likely N-dealkylation sites (tertiary alicyclic amines) is 1. The van der Waals surface area contributed by atoms with E-state index in [1.54, 1.807) is 4.90 Å². The maximum atomic E-state index is 14.7. The highest BCUT2D eigenvalue weighted by Gasteiger charge is 2.47. The molecule has 5 amide bonds. The fraction of sp³-hybridized carbons (Fsp3) is 0.816. The van der Waals surface area contributed by atoms with E-state index in [1.807, 2.05) is 20.8 Å². The number of carbonyl (C=O) groups is 5. The number of nitrogens with one attached hydrogen (secondary N) is 4. The van der Waals surface area contributed by atoms with Crippen LogP contribution >= 0.6 is 0 Å². The van der Waals surface area contributed by atoms with Crippen molar-refractivity contribution in [3.8, 4) is 0 Å². The zero-order valence-corrected chi connectivity index (χ0v) is 32.9. The molecule has 2 saturated heterocycles. The fourth-order valence-corrected chi connectivity index (χ4v) is 9.66. The number of sulfonamides is 1. The molecule has 1 unspecified atom stereocenters. The lowest BCUT2D eigenvalue weighted by atomic mass is 9.83. The Morgan fingerprint density at radius 1 is 0.865 bits per heavy atom. The first-order valence-electron chi connectivity index (χ1n) is 19.6. The van der Waals surface area contributed by atoms with Gasteiger partial charge in [0, 0.05) is 32.2 Å². The molecule has 4 rings (SSSR count). The van der Waals surface area contributed by atoms with Gasteiger partial charge in [-0.25, -0.2) is 13.2 Å². The number of nitrogens with zero attached hydrogens (tertiary/aromatic N) is 2. The molecule has 2 aliphatic carbocycles. The van der Waals surface area contributed by atoms with Crippen LogP contribution < -0.4 is 21.3 Å². The largest absolute Gasteiger partial charge is 0.346 e. The van der Waals surface area contributed by atoms with Crippen molar-refractivity contribution in [1.82, 2.24) is 30.5 Å². The van der Waals surface area contributed by atoms with Crippen LogP contribution in [0.5, 0.6) is 0 Å². The monoisotopic (exact) mass is 748 g/mol. The Morgan fingerprint density at radius 3 is 2.15 bits per heavy atom. The summed E-state index contributed by atoms with van der Waals surface area (Å²) in [6, 6.07) is -3.81. The van der Waals surface area contributed by atoms with E-state index in [-0.39, 0.29) is 48.4 Å². The molecule has 52 heavy (non-hydrogen) atoms. The molecule has 294 valence electrons. The lowest BCUT2D eigenvalue weighted by Crippen LogP contribution is -2.61. The minimum atomic E-state index is -3.42. The van der Waals surface area contributed by atoms with Crippen molar-refractivity contribution in [2.75, 3.05) is 31.9 Å².